The van der Waals surface area contributed by atoms with Gasteiger partial charge in [0.05, 0.1) is 12.1 Å². The number of anilines is 1. The fourth-order valence-electron chi connectivity index (χ4n) is 4.74. The zero-order chi connectivity index (χ0) is 20.8. The number of amides is 1. The average molecular weight is 408 g/mol. The van der Waals surface area contributed by atoms with Gasteiger partial charge in [-0.05, 0) is 49.3 Å². The molecule has 4 rings (SSSR count). The molecule has 2 saturated heterocycles. The normalized spacial score (nSPS) is 22.6. The molecule has 1 N–H and O–H groups in total. The number of rotatable bonds is 6. The Hall–Kier alpha value is -2.47. The average Bonchev–Trinajstić information content (AvgIpc) is 2.79. The third kappa shape index (κ3) is 5.36. The van der Waals surface area contributed by atoms with Crippen molar-refractivity contribution >= 4 is 11.7 Å². The molecule has 2 aliphatic heterocycles. The third-order valence-electron chi connectivity index (χ3n) is 6.37. The lowest BCUT2D eigenvalue weighted by molar-refractivity contribution is -0.125. The molecule has 160 valence electrons. The Bertz CT molecular complexity index is 827. The molecule has 0 saturated carbocycles. The molecular formula is C24H33N5O. The number of aromatic nitrogens is 2. The molecule has 2 atom stereocenters. The van der Waals surface area contributed by atoms with Crippen molar-refractivity contribution < 1.29 is 4.79 Å². The number of carbonyl (C=O) groups is 1. The van der Waals surface area contributed by atoms with Crippen molar-refractivity contribution in [2.24, 2.45) is 11.8 Å². The lowest BCUT2D eigenvalue weighted by Gasteiger charge is -2.33. The first kappa shape index (κ1) is 20.8. The molecule has 30 heavy (non-hydrogen) atoms. The van der Waals surface area contributed by atoms with Gasteiger partial charge in [-0.15, -0.1) is 0 Å². The highest BCUT2D eigenvalue weighted by Gasteiger charge is 2.26. The van der Waals surface area contributed by atoms with Crippen molar-refractivity contribution in [1.29, 1.82) is 0 Å². The molecule has 0 unspecified atom stereocenters. The smallest absolute Gasteiger partial charge is 0.225 e. The maximum absolute atomic E-state index is 12.9. The second-order valence-corrected chi connectivity index (χ2v) is 8.82. The number of likely N-dealkylation sites (tertiary alicyclic amines) is 1. The first-order chi connectivity index (χ1) is 14.7. The first-order valence-electron chi connectivity index (χ1n) is 11.3. The van der Waals surface area contributed by atoms with Crippen LogP contribution in [0.15, 0.2) is 42.9 Å². The maximum Gasteiger partial charge on any atom is 0.225 e. The molecule has 2 aliphatic rings. The molecule has 1 aromatic heterocycles. The van der Waals surface area contributed by atoms with Crippen LogP contribution in [0.4, 0.5) is 5.82 Å². The van der Waals surface area contributed by atoms with Crippen molar-refractivity contribution in [2.45, 2.75) is 45.7 Å². The summed E-state index contributed by atoms with van der Waals surface area (Å²) in [6.45, 7) is 7.89. The minimum Gasteiger partial charge on any atom is -0.355 e. The fourth-order valence-corrected chi connectivity index (χ4v) is 4.74. The van der Waals surface area contributed by atoms with Gasteiger partial charge in [-0.2, -0.15) is 0 Å². The van der Waals surface area contributed by atoms with Gasteiger partial charge in [0.1, 0.15) is 5.82 Å². The van der Waals surface area contributed by atoms with Crippen molar-refractivity contribution in [2.75, 3.05) is 31.1 Å². The Morgan fingerprint density at radius 3 is 2.73 bits per heavy atom. The number of piperidine rings is 2. The SMILES string of the molecule is C[C@@H]1CCCN(Cc2ccccc2CNC(=O)[C@@H]2CCCN(c3cnccn3)C2)C1. The summed E-state index contributed by atoms with van der Waals surface area (Å²) in [5.74, 6) is 1.77. The van der Waals surface area contributed by atoms with Crippen LogP contribution in [-0.4, -0.2) is 47.0 Å². The summed E-state index contributed by atoms with van der Waals surface area (Å²) >= 11 is 0. The Kier molecular flexibility index (Phi) is 6.95. The van der Waals surface area contributed by atoms with Gasteiger partial charge in [0, 0.05) is 45.1 Å². The largest absolute Gasteiger partial charge is 0.355 e. The fraction of sp³-hybridized carbons (Fsp3) is 0.542. The van der Waals surface area contributed by atoms with Crippen LogP contribution in [0.1, 0.15) is 43.7 Å². The summed E-state index contributed by atoms with van der Waals surface area (Å²) in [5.41, 5.74) is 2.56. The van der Waals surface area contributed by atoms with Crippen LogP contribution < -0.4 is 10.2 Å². The lowest BCUT2D eigenvalue weighted by atomic mass is 9.96. The van der Waals surface area contributed by atoms with E-state index >= 15 is 0 Å². The quantitative estimate of drug-likeness (QED) is 0.797. The van der Waals surface area contributed by atoms with Crippen molar-refractivity contribution in [1.82, 2.24) is 20.2 Å². The highest BCUT2D eigenvalue weighted by molar-refractivity contribution is 5.79. The van der Waals surface area contributed by atoms with Crippen molar-refractivity contribution in [3.8, 4) is 0 Å². The van der Waals surface area contributed by atoms with Gasteiger partial charge in [0.2, 0.25) is 5.91 Å². The second-order valence-electron chi connectivity index (χ2n) is 8.82. The number of hydrogen-bond donors (Lipinski definition) is 1. The van der Waals surface area contributed by atoms with Crippen LogP contribution in [0.2, 0.25) is 0 Å². The Morgan fingerprint density at radius 2 is 1.93 bits per heavy atom. The molecular weight excluding hydrogens is 374 g/mol. The van der Waals surface area contributed by atoms with E-state index in [9.17, 15) is 4.79 Å². The molecule has 0 spiro atoms. The van der Waals surface area contributed by atoms with Gasteiger partial charge in [-0.25, -0.2) is 4.98 Å². The zero-order valence-corrected chi connectivity index (χ0v) is 18.0. The highest BCUT2D eigenvalue weighted by Crippen LogP contribution is 2.22. The molecule has 6 nitrogen and oxygen atoms in total. The summed E-state index contributed by atoms with van der Waals surface area (Å²) in [7, 11) is 0. The molecule has 0 radical (unpaired) electrons. The van der Waals surface area contributed by atoms with Gasteiger partial charge in [-0.3, -0.25) is 14.7 Å². The standard InChI is InChI=1S/C24H33N5O/c1-19-6-4-12-28(16-19)17-21-8-3-2-7-20(21)14-27-24(30)22-9-5-13-29(18-22)23-15-25-10-11-26-23/h2-3,7-8,10-11,15,19,22H,4-6,9,12-14,16-18H2,1H3,(H,27,30)/t19-,22-/m1/s1. The van der Waals surface area contributed by atoms with E-state index in [2.05, 4.69) is 56.3 Å². The van der Waals surface area contributed by atoms with Gasteiger partial charge < -0.3 is 10.2 Å². The number of nitrogens with one attached hydrogen (secondary N) is 1. The van der Waals surface area contributed by atoms with Crippen LogP contribution in [-0.2, 0) is 17.9 Å². The molecule has 2 fully saturated rings. The van der Waals surface area contributed by atoms with E-state index < -0.39 is 0 Å². The first-order valence-corrected chi connectivity index (χ1v) is 11.3. The number of carbonyl (C=O) groups excluding carboxylic acids is 1. The topological polar surface area (TPSA) is 61.4 Å². The van der Waals surface area contributed by atoms with Crippen LogP contribution in [0.25, 0.3) is 0 Å². The summed E-state index contributed by atoms with van der Waals surface area (Å²) < 4.78 is 0. The monoisotopic (exact) mass is 407 g/mol. The van der Waals surface area contributed by atoms with E-state index in [4.69, 9.17) is 0 Å². The van der Waals surface area contributed by atoms with Gasteiger partial charge in [0.25, 0.3) is 0 Å². The Morgan fingerprint density at radius 1 is 1.10 bits per heavy atom. The van der Waals surface area contributed by atoms with Crippen LogP contribution in [0.3, 0.4) is 0 Å². The van der Waals surface area contributed by atoms with Gasteiger partial charge in [-0.1, -0.05) is 31.2 Å². The molecule has 1 amide bonds. The van der Waals surface area contributed by atoms with Crippen molar-refractivity contribution in [3.63, 3.8) is 0 Å². The molecule has 0 bridgehead atoms. The molecule has 1 aromatic carbocycles. The molecule has 3 heterocycles. The van der Waals surface area contributed by atoms with Crippen LogP contribution in [0, 0.1) is 11.8 Å². The number of benzene rings is 1. The van der Waals surface area contributed by atoms with Crippen LogP contribution >= 0.6 is 0 Å². The van der Waals surface area contributed by atoms with E-state index in [1.54, 1.807) is 18.6 Å². The van der Waals surface area contributed by atoms with E-state index in [1.165, 1.54) is 37.1 Å². The predicted octanol–water partition coefficient (Wildman–Crippen LogP) is 3.24. The molecule has 0 aliphatic carbocycles. The lowest BCUT2D eigenvalue weighted by Crippen LogP contribution is -2.43. The minimum absolute atomic E-state index is 0.00383. The minimum atomic E-state index is -0.00383. The van der Waals surface area contributed by atoms with E-state index in [-0.39, 0.29) is 11.8 Å². The van der Waals surface area contributed by atoms with Gasteiger partial charge in [0.15, 0.2) is 0 Å². The van der Waals surface area contributed by atoms with Crippen LogP contribution in [0.5, 0.6) is 0 Å². The summed E-state index contributed by atoms with van der Waals surface area (Å²) in [6, 6.07) is 8.53. The highest BCUT2D eigenvalue weighted by atomic mass is 16.1. The summed E-state index contributed by atoms with van der Waals surface area (Å²) in [4.78, 5) is 26.2. The Labute approximate surface area is 179 Å². The zero-order valence-electron chi connectivity index (χ0n) is 18.0. The Balaban J connectivity index is 1.33. The van der Waals surface area contributed by atoms with Crippen molar-refractivity contribution in [3.05, 3.63) is 54.0 Å². The maximum atomic E-state index is 12.9. The third-order valence-corrected chi connectivity index (χ3v) is 6.37. The van der Waals surface area contributed by atoms with E-state index in [0.717, 1.165) is 37.7 Å². The summed E-state index contributed by atoms with van der Waals surface area (Å²) in [6.07, 6.45) is 9.70. The number of nitrogens with zero attached hydrogens (tertiary/aromatic N) is 4. The van der Waals surface area contributed by atoms with E-state index in [0.29, 0.717) is 13.1 Å². The predicted molar refractivity (Wildman–Crippen MR) is 119 cm³/mol. The van der Waals surface area contributed by atoms with Gasteiger partial charge >= 0.3 is 0 Å². The second kappa shape index (κ2) is 10.0. The molecule has 2 aromatic rings. The summed E-state index contributed by atoms with van der Waals surface area (Å²) in [5, 5.41) is 3.21. The number of hydrogen-bond acceptors (Lipinski definition) is 5. The molecule has 6 heteroatoms. The van der Waals surface area contributed by atoms with E-state index in [1.807, 2.05) is 0 Å².